The van der Waals surface area contributed by atoms with Crippen molar-refractivity contribution < 1.29 is 9.53 Å². The zero-order chi connectivity index (χ0) is 8.43. The normalized spacial score (nSPS) is 31.5. The second kappa shape index (κ2) is 3.22. The van der Waals surface area contributed by atoms with Gasteiger partial charge in [0.25, 0.3) is 5.91 Å². The molecule has 64 valence electrons. The number of hydrogen-bond donors (Lipinski definition) is 0. The summed E-state index contributed by atoms with van der Waals surface area (Å²) in [4.78, 5) is 13.1. The molecule has 3 heteroatoms. The van der Waals surface area contributed by atoms with Crippen LogP contribution in [0.15, 0.2) is 0 Å². The van der Waals surface area contributed by atoms with Crippen LogP contribution in [0.5, 0.6) is 0 Å². The van der Waals surface area contributed by atoms with E-state index in [2.05, 4.69) is 6.92 Å². The van der Waals surface area contributed by atoms with Crippen LogP contribution >= 0.6 is 0 Å². The fraction of sp³-hybridized carbons (Fsp3) is 0.875. The molecule has 0 aromatic rings. The first kappa shape index (κ1) is 8.53. The third-order valence-corrected chi connectivity index (χ3v) is 2.41. The Balaban J connectivity index is 2.61. The lowest BCUT2D eigenvalue weighted by molar-refractivity contribution is -0.135. The zero-order valence-electron chi connectivity index (χ0n) is 7.33. The van der Waals surface area contributed by atoms with E-state index in [0.29, 0.717) is 6.04 Å². The van der Waals surface area contributed by atoms with Gasteiger partial charge < -0.3 is 9.64 Å². The van der Waals surface area contributed by atoms with Crippen molar-refractivity contribution in [1.29, 1.82) is 0 Å². The molecule has 1 rings (SSSR count). The van der Waals surface area contributed by atoms with E-state index in [-0.39, 0.29) is 12.0 Å². The predicted molar refractivity (Wildman–Crippen MR) is 42.3 cm³/mol. The van der Waals surface area contributed by atoms with Crippen LogP contribution in [-0.2, 0) is 9.53 Å². The van der Waals surface area contributed by atoms with E-state index in [1.807, 2.05) is 7.05 Å². The molecule has 0 N–H and O–H groups in total. The van der Waals surface area contributed by atoms with Gasteiger partial charge in [0.1, 0.15) is 6.10 Å². The van der Waals surface area contributed by atoms with Crippen LogP contribution in [0.1, 0.15) is 19.8 Å². The Bertz CT molecular complexity index is 154. The molecule has 0 radical (unpaired) electrons. The lowest BCUT2D eigenvalue weighted by Crippen LogP contribution is -2.30. The number of nitrogens with zero attached hydrogens (tertiary/aromatic N) is 1. The molecule has 0 saturated carbocycles. The molecule has 11 heavy (non-hydrogen) atoms. The van der Waals surface area contributed by atoms with Gasteiger partial charge in [-0.3, -0.25) is 4.79 Å². The Morgan fingerprint density at radius 1 is 1.73 bits per heavy atom. The van der Waals surface area contributed by atoms with Crippen LogP contribution in [0.4, 0.5) is 0 Å². The lowest BCUT2D eigenvalue weighted by atomic mass is 10.1. The molecule has 1 amide bonds. The van der Waals surface area contributed by atoms with Gasteiger partial charge in [-0.15, -0.1) is 0 Å². The summed E-state index contributed by atoms with van der Waals surface area (Å²) < 4.78 is 5.03. The van der Waals surface area contributed by atoms with Gasteiger partial charge in [-0.1, -0.05) is 6.92 Å². The first-order valence-electron chi connectivity index (χ1n) is 4.00. The molecule has 1 fully saturated rings. The van der Waals surface area contributed by atoms with Gasteiger partial charge in [0.05, 0.1) is 0 Å². The molecule has 3 nitrogen and oxygen atoms in total. The zero-order valence-corrected chi connectivity index (χ0v) is 7.33. The van der Waals surface area contributed by atoms with E-state index in [0.717, 1.165) is 12.8 Å². The molecule has 1 aliphatic heterocycles. The van der Waals surface area contributed by atoms with Crippen molar-refractivity contribution in [3.05, 3.63) is 0 Å². The van der Waals surface area contributed by atoms with Crippen molar-refractivity contribution in [3.63, 3.8) is 0 Å². The van der Waals surface area contributed by atoms with E-state index in [9.17, 15) is 4.79 Å². The highest BCUT2D eigenvalue weighted by Crippen LogP contribution is 2.21. The van der Waals surface area contributed by atoms with E-state index >= 15 is 0 Å². The van der Waals surface area contributed by atoms with Crippen molar-refractivity contribution in [2.75, 3.05) is 14.2 Å². The summed E-state index contributed by atoms with van der Waals surface area (Å²) in [5.74, 6) is 0.124. The Labute approximate surface area is 67.3 Å². The third-order valence-electron chi connectivity index (χ3n) is 2.41. The highest BCUT2D eigenvalue weighted by atomic mass is 16.5. The van der Waals surface area contributed by atoms with Gasteiger partial charge >= 0.3 is 0 Å². The second-order valence-corrected chi connectivity index (χ2v) is 2.97. The molecule has 2 unspecified atom stereocenters. The fourth-order valence-electron chi connectivity index (χ4n) is 1.55. The molecule has 1 heterocycles. The number of likely N-dealkylation sites (N-methyl/N-ethyl adjacent to an activating group) is 1. The van der Waals surface area contributed by atoms with Gasteiger partial charge in [-0.25, -0.2) is 0 Å². The summed E-state index contributed by atoms with van der Waals surface area (Å²) >= 11 is 0. The van der Waals surface area contributed by atoms with E-state index < -0.39 is 0 Å². The average Bonchev–Trinajstić information content (AvgIpc) is 2.30. The smallest absolute Gasteiger partial charge is 0.251 e. The minimum atomic E-state index is -0.190. The van der Waals surface area contributed by atoms with E-state index in [4.69, 9.17) is 4.74 Å². The molecular formula is C8H15NO2. The highest BCUT2D eigenvalue weighted by Gasteiger charge is 2.35. The summed E-state index contributed by atoms with van der Waals surface area (Å²) in [5.41, 5.74) is 0. The van der Waals surface area contributed by atoms with Crippen molar-refractivity contribution in [1.82, 2.24) is 4.90 Å². The van der Waals surface area contributed by atoms with Crippen LogP contribution in [0, 0.1) is 0 Å². The van der Waals surface area contributed by atoms with Crippen LogP contribution in [0.25, 0.3) is 0 Å². The molecule has 0 aromatic heterocycles. The third kappa shape index (κ3) is 1.38. The maximum absolute atomic E-state index is 11.3. The van der Waals surface area contributed by atoms with Gasteiger partial charge in [0.2, 0.25) is 0 Å². The van der Waals surface area contributed by atoms with Crippen LogP contribution in [-0.4, -0.2) is 37.1 Å². The summed E-state index contributed by atoms with van der Waals surface area (Å²) in [5, 5.41) is 0. The van der Waals surface area contributed by atoms with Crippen LogP contribution in [0.3, 0.4) is 0 Å². The first-order valence-corrected chi connectivity index (χ1v) is 4.00. The monoisotopic (exact) mass is 157 g/mol. The molecular weight excluding hydrogens is 142 g/mol. The van der Waals surface area contributed by atoms with Gasteiger partial charge in [-0.2, -0.15) is 0 Å². The number of likely N-dealkylation sites (tertiary alicyclic amines) is 1. The number of carbonyl (C=O) groups excluding carboxylic acids is 1. The summed E-state index contributed by atoms with van der Waals surface area (Å²) in [6.07, 6.45) is 1.68. The maximum atomic E-state index is 11.3. The second-order valence-electron chi connectivity index (χ2n) is 2.97. The minimum Gasteiger partial charge on any atom is -0.372 e. The maximum Gasteiger partial charge on any atom is 0.251 e. The van der Waals surface area contributed by atoms with Gasteiger partial charge in [0, 0.05) is 26.6 Å². The summed E-state index contributed by atoms with van der Waals surface area (Å²) in [6, 6.07) is 0.382. The number of amides is 1. The standard InChI is InChI=1S/C8H15NO2/c1-4-6-5-7(11-3)8(10)9(6)2/h6-7H,4-5H2,1-3H3. The molecule has 1 aliphatic rings. The quantitative estimate of drug-likeness (QED) is 0.588. The fourth-order valence-corrected chi connectivity index (χ4v) is 1.55. The summed E-state index contributed by atoms with van der Waals surface area (Å²) in [7, 11) is 3.43. The van der Waals surface area contributed by atoms with Crippen LogP contribution < -0.4 is 0 Å². The van der Waals surface area contributed by atoms with E-state index in [1.54, 1.807) is 12.0 Å². The van der Waals surface area contributed by atoms with Gasteiger partial charge in [-0.05, 0) is 6.42 Å². The Morgan fingerprint density at radius 2 is 2.36 bits per heavy atom. The van der Waals surface area contributed by atoms with Gasteiger partial charge in [0.15, 0.2) is 0 Å². The van der Waals surface area contributed by atoms with Crippen molar-refractivity contribution >= 4 is 5.91 Å². The Morgan fingerprint density at radius 3 is 2.64 bits per heavy atom. The largest absolute Gasteiger partial charge is 0.372 e. The summed E-state index contributed by atoms with van der Waals surface area (Å²) in [6.45, 7) is 2.09. The molecule has 0 aromatic carbocycles. The number of methoxy groups -OCH3 is 1. The number of hydrogen-bond acceptors (Lipinski definition) is 2. The van der Waals surface area contributed by atoms with Crippen molar-refractivity contribution in [3.8, 4) is 0 Å². The first-order chi connectivity index (χ1) is 5.20. The number of ether oxygens (including phenoxy) is 1. The molecule has 0 aliphatic carbocycles. The molecule has 0 spiro atoms. The van der Waals surface area contributed by atoms with Crippen molar-refractivity contribution in [2.45, 2.75) is 31.9 Å². The molecule has 1 saturated heterocycles. The number of rotatable bonds is 2. The predicted octanol–water partition coefficient (Wildman–Crippen LogP) is 0.642. The lowest BCUT2D eigenvalue weighted by Gasteiger charge is -2.16. The van der Waals surface area contributed by atoms with E-state index in [1.165, 1.54) is 0 Å². The minimum absolute atomic E-state index is 0.124. The Kier molecular flexibility index (Phi) is 2.49. The SMILES string of the molecule is CCC1CC(OC)C(=O)N1C. The Hall–Kier alpha value is -0.570. The van der Waals surface area contributed by atoms with Crippen molar-refractivity contribution in [2.24, 2.45) is 0 Å². The van der Waals surface area contributed by atoms with Crippen LogP contribution in [0.2, 0.25) is 0 Å². The highest BCUT2D eigenvalue weighted by molar-refractivity contribution is 5.83. The topological polar surface area (TPSA) is 29.5 Å². The number of carbonyl (C=O) groups is 1. The molecule has 2 atom stereocenters. The molecule has 0 bridgehead atoms. The average molecular weight is 157 g/mol.